The largest absolute Gasteiger partial charge is 0.457 e. The van der Waals surface area contributed by atoms with Crippen molar-refractivity contribution in [2.24, 2.45) is 50.7 Å². The van der Waals surface area contributed by atoms with E-state index >= 15 is 0 Å². The van der Waals surface area contributed by atoms with Crippen LogP contribution >= 0.6 is 0 Å². The molecular weight excluding hydrogens is 644 g/mol. The zero-order valence-electron chi connectivity index (χ0n) is 31.4. The number of ether oxygens (including phenoxy) is 6. The summed E-state index contributed by atoms with van der Waals surface area (Å²) in [6.45, 7) is 18.0. The third kappa shape index (κ3) is 4.29. The monoisotopic (exact) mass is 704 g/mol. The molecule has 0 unspecified atom stereocenters. The van der Waals surface area contributed by atoms with Crippen molar-refractivity contribution >= 4 is 11.9 Å². The van der Waals surface area contributed by atoms with Gasteiger partial charge in [0, 0.05) is 25.2 Å². The summed E-state index contributed by atoms with van der Waals surface area (Å²) < 4.78 is 37.4. The lowest BCUT2D eigenvalue weighted by molar-refractivity contribution is -0.304. The van der Waals surface area contributed by atoms with Crippen molar-refractivity contribution in [2.75, 3.05) is 6.61 Å². The first-order valence-corrected chi connectivity index (χ1v) is 19.3. The highest BCUT2D eigenvalue weighted by atomic mass is 16.8. The average Bonchev–Trinajstić information content (AvgIpc) is 3.53. The molecule has 8 aliphatic rings. The summed E-state index contributed by atoms with van der Waals surface area (Å²) in [5.74, 6) is -1.07. The SMILES string of the molecule is CC(=O)O[C@@H]1[C@@H](O)[C@H](O[C@H]2CC[C@]34C[C@]35CC[C@]3(C)[C@H]6[C@H](C)C[C@H]7O[C@@]6(O[C@@H]7C(C)(C)OC(C)=O)[C@H](O)[C@@]3(C)[C@@H]5CC[C@H]4C2(C)C)OC[C@@H]1O. The molecule has 0 radical (unpaired) electrons. The number of rotatable bonds is 5. The zero-order chi connectivity index (χ0) is 36.2. The van der Waals surface area contributed by atoms with E-state index in [4.69, 9.17) is 28.4 Å². The van der Waals surface area contributed by atoms with Crippen LogP contribution in [0.15, 0.2) is 0 Å². The molecule has 11 nitrogen and oxygen atoms in total. The standard InChI is InChI=1S/C39H60O11/c1-19-16-23-30(34(6,7)48-21(3)41)50-39(49-23)29(19)35(8)14-15-38-18-37(38)13-12-26(47-31-27(43)28(46-20(2)40)22(42)17-45-31)33(4,5)24(37)10-11-25(38)36(35,9)32(39)44/h19,22-32,42-44H,10-18H2,1-9H3/t19-,22+,23-,24+,25+,26+,27-,28+,29-,30+,31+,32-,35-,36-,37-,38+,39+/m1/s1. The van der Waals surface area contributed by atoms with Crippen molar-refractivity contribution in [3.63, 3.8) is 0 Å². The van der Waals surface area contributed by atoms with Crippen LogP contribution in [-0.4, -0.2) is 94.3 Å². The molecule has 0 aromatic heterocycles. The predicted octanol–water partition coefficient (Wildman–Crippen LogP) is 4.26. The lowest BCUT2D eigenvalue weighted by atomic mass is 9.41. The predicted molar refractivity (Wildman–Crippen MR) is 178 cm³/mol. The number of aliphatic hydroxyl groups is 3. The van der Waals surface area contributed by atoms with E-state index in [0.29, 0.717) is 11.8 Å². The van der Waals surface area contributed by atoms with Crippen LogP contribution in [0.3, 0.4) is 0 Å². The second kappa shape index (κ2) is 10.9. The second-order valence-corrected chi connectivity index (χ2v) is 19.4. The highest BCUT2D eigenvalue weighted by Crippen LogP contribution is 2.90. The minimum absolute atomic E-state index is 0.0194. The highest BCUT2D eigenvalue weighted by Gasteiger charge is 2.88. The summed E-state index contributed by atoms with van der Waals surface area (Å²) >= 11 is 0. The van der Waals surface area contributed by atoms with E-state index in [-0.39, 0.29) is 58.3 Å². The van der Waals surface area contributed by atoms with Gasteiger partial charge >= 0.3 is 11.9 Å². The molecule has 3 spiro atoms. The molecule has 8 fully saturated rings. The molecule has 5 aliphatic carbocycles. The van der Waals surface area contributed by atoms with Gasteiger partial charge in [-0.05, 0) is 105 Å². The van der Waals surface area contributed by atoms with Crippen LogP contribution in [-0.2, 0) is 38.0 Å². The molecule has 3 heterocycles. The average molecular weight is 705 g/mol. The first-order valence-electron chi connectivity index (χ1n) is 19.3. The number of carbonyl (C=O) groups is 2. The fourth-order valence-corrected chi connectivity index (χ4v) is 14.7. The minimum Gasteiger partial charge on any atom is -0.457 e. The van der Waals surface area contributed by atoms with Gasteiger partial charge in [0.05, 0.1) is 18.8 Å². The molecule has 5 saturated carbocycles. The molecule has 50 heavy (non-hydrogen) atoms. The molecule has 11 heteroatoms. The number of esters is 2. The smallest absolute Gasteiger partial charge is 0.303 e. The van der Waals surface area contributed by atoms with Gasteiger partial charge < -0.3 is 43.7 Å². The van der Waals surface area contributed by atoms with E-state index in [2.05, 4.69) is 34.6 Å². The van der Waals surface area contributed by atoms with Gasteiger partial charge in [-0.1, -0.05) is 34.6 Å². The number of hydrogen-bond acceptors (Lipinski definition) is 11. The highest BCUT2D eigenvalue weighted by molar-refractivity contribution is 5.66. The summed E-state index contributed by atoms with van der Waals surface area (Å²) in [6.07, 6.45) is 1.66. The van der Waals surface area contributed by atoms with Gasteiger partial charge in [-0.25, -0.2) is 0 Å². The van der Waals surface area contributed by atoms with Crippen molar-refractivity contribution in [2.45, 2.75) is 174 Å². The molecule has 0 aromatic rings. The van der Waals surface area contributed by atoms with Crippen LogP contribution in [0.5, 0.6) is 0 Å². The number of hydrogen-bond donors (Lipinski definition) is 3. The van der Waals surface area contributed by atoms with Gasteiger partial charge in [0.25, 0.3) is 0 Å². The van der Waals surface area contributed by atoms with E-state index in [1.165, 1.54) is 13.8 Å². The molecule has 3 saturated heterocycles. The topological polar surface area (TPSA) is 150 Å². The van der Waals surface area contributed by atoms with Gasteiger partial charge in [0.1, 0.15) is 30.0 Å². The van der Waals surface area contributed by atoms with E-state index in [1.54, 1.807) is 0 Å². The minimum atomic E-state index is -1.29. The van der Waals surface area contributed by atoms with Crippen molar-refractivity contribution < 1.29 is 53.3 Å². The first-order chi connectivity index (χ1) is 23.2. The Morgan fingerprint density at radius 3 is 2.24 bits per heavy atom. The second-order valence-electron chi connectivity index (χ2n) is 19.4. The molecule has 8 rings (SSSR count). The van der Waals surface area contributed by atoms with Gasteiger partial charge in [0.2, 0.25) is 0 Å². The van der Waals surface area contributed by atoms with Crippen molar-refractivity contribution in [3.05, 3.63) is 0 Å². The van der Waals surface area contributed by atoms with Crippen LogP contribution in [0.1, 0.15) is 114 Å². The van der Waals surface area contributed by atoms with Crippen LogP contribution in [0.25, 0.3) is 0 Å². The Morgan fingerprint density at radius 1 is 0.880 bits per heavy atom. The summed E-state index contributed by atoms with van der Waals surface area (Å²) in [6, 6.07) is 0. The van der Waals surface area contributed by atoms with E-state index in [1.807, 2.05) is 13.8 Å². The fraction of sp³-hybridized carbons (Fsp3) is 0.949. The maximum absolute atomic E-state index is 12.9. The fourth-order valence-electron chi connectivity index (χ4n) is 14.7. The third-order valence-corrected chi connectivity index (χ3v) is 16.5. The Balaban J connectivity index is 1.06. The summed E-state index contributed by atoms with van der Waals surface area (Å²) in [5.41, 5.74) is -1.49. The number of fused-ring (bicyclic) bond motifs is 4. The quantitative estimate of drug-likeness (QED) is 0.278. The Morgan fingerprint density at radius 2 is 1.56 bits per heavy atom. The lowest BCUT2D eigenvalue weighted by Crippen LogP contribution is -2.61. The van der Waals surface area contributed by atoms with Gasteiger partial charge in [-0.2, -0.15) is 0 Å². The Hall–Kier alpha value is -1.34. The molecule has 3 aliphatic heterocycles. The molecular formula is C39H60O11. The van der Waals surface area contributed by atoms with E-state index in [9.17, 15) is 24.9 Å². The summed E-state index contributed by atoms with van der Waals surface area (Å²) in [4.78, 5) is 23.8. The molecule has 17 atom stereocenters. The van der Waals surface area contributed by atoms with E-state index < -0.39 is 59.6 Å². The maximum atomic E-state index is 12.9. The van der Waals surface area contributed by atoms with Gasteiger partial charge in [-0.15, -0.1) is 0 Å². The normalized spacial score (nSPS) is 55.8. The summed E-state index contributed by atoms with van der Waals surface area (Å²) in [5, 5.41) is 34.3. The van der Waals surface area contributed by atoms with Crippen molar-refractivity contribution in [3.8, 4) is 0 Å². The molecule has 2 bridgehead atoms. The molecule has 0 amide bonds. The van der Waals surface area contributed by atoms with Crippen LogP contribution in [0.2, 0.25) is 0 Å². The number of carbonyl (C=O) groups excluding carboxylic acids is 2. The van der Waals surface area contributed by atoms with Gasteiger partial charge in [-0.3, -0.25) is 9.59 Å². The molecule has 282 valence electrons. The van der Waals surface area contributed by atoms with Gasteiger partial charge in [0.15, 0.2) is 18.2 Å². The van der Waals surface area contributed by atoms with Crippen LogP contribution < -0.4 is 0 Å². The van der Waals surface area contributed by atoms with Crippen LogP contribution in [0, 0.1) is 50.7 Å². The third-order valence-electron chi connectivity index (χ3n) is 16.5. The summed E-state index contributed by atoms with van der Waals surface area (Å²) in [7, 11) is 0. The maximum Gasteiger partial charge on any atom is 0.303 e. The van der Waals surface area contributed by atoms with Crippen molar-refractivity contribution in [1.29, 1.82) is 0 Å². The Labute approximate surface area is 296 Å². The Bertz CT molecular complexity index is 1430. The van der Waals surface area contributed by atoms with Crippen LogP contribution in [0.4, 0.5) is 0 Å². The first kappa shape index (κ1) is 35.7. The number of aliphatic hydroxyl groups excluding tert-OH is 3. The zero-order valence-corrected chi connectivity index (χ0v) is 31.4. The van der Waals surface area contributed by atoms with E-state index in [0.717, 1.165) is 51.4 Å². The molecule has 0 aromatic carbocycles. The molecule has 3 N–H and O–H groups in total. The lowest BCUT2D eigenvalue weighted by Gasteiger charge is -2.63. The van der Waals surface area contributed by atoms with Crippen molar-refractivity contribution in [1.82, 2.24) is 0 Å². The Kier molecular flexibility index (Phi) is 7.76.